The zero-order valence-corrected chi connectivity index (χ0v) is 11.4. The Morgan fingerprint density at radius 1 is 1.44 bits per heavy atom. The van der Waals surface area contributed by atoms with Crippen molar-refractivity contribution >= 4 is 11.9 Å². The molecule has 0 aromatic heterocycles. The number of carboxylic acids is 1. The third-order valence-corrected chi connectivity index (χ3v) is 2.85. The molecule has 1 fully saturated rings. The van der Waals surface area contributed by atoms with Gasteiger partial charge in [0.2, 0.25) is 5.91 Å². The lowest BCUT2D eigenvalue weighted by Crippen LogP contribution is -2.43. The molecule has 2 N–H and O–H groups in total. The van der Waals surface area contributed by atoms with E-state index in [1.165, 1.54) is 0 Å². The summed E-state index contributed by atoms with van der Waals surface area (Å²) < 4.78 is 5.29. The first kappa shape index (κ1) is 15.0. The van der Waals surface area contributed by atoms with Gasteiger partial charge in [0.1, 0.15) is 6.10 Å². The van der Waals surface area contributed by atoms with Crippen LogP contribution >= 0.6 is 0 Å². The molecule has 5 heteroatoms. The minimum Gasteiger partial charge on any atom is -0.481 e. The quantitative estimate of drug-likeness (QED) is 0.783. The van der Waals surface area contributed by atoms with Crippen molar-refractivity contribution in [3.05, 3.63) is 0 Å². The van der Waals surface area contributed by atoms with Gasteiger partial charge in [-0.3, -0.25) is 9.59 Å². The van der Waals surface area contributed by atoms with Gasteiger partial charge in [-0.2, -0.15) is 0 Å². The molecule has 1 saturated heterocycles. The number of hydrogen-bond acceptors (Lipinski definition) is 3. The highest BCUT2D eigenvalue weighted by molar-refractivity contribution is 5.82. The number of carboxylic acid groups (broad SMARTS) is 1. The number of ether oxygens (including phenoxy) is 1. The van der Waals surface area contributed by atoms with Crippen LogP contribution in [0.2, 0.25) is 0 Å². The normalized spacial score (nSPS) is 21.6. The molecule has 0 saturated carbocycles. The third kappa shape index (κ3) is 5.49. The van der Waals surface area contributed by atoms with Gasteiger partial charge in [0.15, 0.2) is 0 Å². The average molecular weight is 257 g/mol. The molecule has 1 rings (SSSR count). The van der Waals surface area contributed by atoms with Gasteiger partial charge in [-0.1, -0.05) is 20.8 Å². The molecule has 1 amide bonds. The number of aliphatic carboxylic acids is 1. The largest absolute Gasteiger partial charge is 0.481 e. The van der Waals surface area contributed by atoms with Gasteiger partial charge in [0, 0.05) is 12.6 Å². The molecule has 0 spiro atoms. The van der Waals surface area contributed by atoms with Crippen LogP contribution in [0.1, 0.15) is 46.5 Å². The predicted molar refractivity (Wildman–Crippen MR) is 67.2 cm³/mol. The maximum atomic E-state index is 11.9. The van der Waals surface area contributed by atoms with Crippen molar-refractivity contribution in [2.24, 2.45) is 5.41 Å². The van der Waals surface area contributed by atoms with E-state index in [9.17, 15) is 9.59 Å². The molecule has 2 atom stereocenters. The van der Waals surface area contributed by atoms with Gasteiger partial charge < -0.3 is 15.2 Å². The van der Waals surface area contributed by atoms with Crippen LogP contribution in [-0.2, 0) is 14.3 Å². The number of carbonyl (C=O) groups excluding carboxylic acids is 1. The average Bonchev–Trinajstić information content (AvgIpc) is 2.65. The summed E-state index contributed by atoms with van der Waals surface area (Å²) in [6.45, 7) is 6.70. The molecule has 5 nitrogen and oxygen atoms in total. The predicted octanol–water partition coefficient (Wildman–Crippen LogP) is 1.56. The first-order chi connectivity index (χ1) is 8.28. The summed E-state index contributed by atoms with van der Waals surface area (Å²) in [6.07, 6.45) is 1.80. The first-order valence-electron chi connectivity index (χ1n) is 6.42. The van der Waals surface area contributed by atoms with Crippen molar-refractivity contribution in [3.63, 3.8) is 0 Å². The van der Waals surface area contributed by atoms with E-state index in [0.29, 0.717) is 13.0 Å². The van der Waals surface area contributed by atoms with Crippen LogP contribution in [0.5, 0.6) is 0 Å². The van der Waals surface area contributed by atoms with Gasteiger partial charge in [0.05, 0.1) is 6.42 Å². The molecule has 0 radical (unpaired) electrons. The van der Waals surface area contributed by atoms with Crippen molar-refractivity contribution in [3.8, 4) is 0 Å². The zero-order valence-electron chi connectivity index (χ0n) is 11.4. The van der Waals surface area contributed by atoms with E-state index < -0.39 is 12.1 Å². The van der Waals surface area contributed by atoms with Gasteiger partial charge in [-0.05, 0) is 24.7 Å². The topological polar surface area (TPSA) is 75.6 Å². The van der Waals surface area contributed by atoms with E-state index in [2.05, 4.69) is 5.32 Å². The van der Waals surface area contributed by atoms with Crippen molar-refractivity contribution in [1.29, 1.82) is 0 Å². The Bertz CT molecular complexity index is 303. The Morgan fingerprint density at radius 2 is 2.11 bits per heavy atom. The van der Waals surface area contributed by atoms with Crippen molar-refractivity contribution in [2.45, 2.75) is 58.6 Å². The summed E-state index contributed by atoms with van der Waals surface area (Å²) in [7, 11) is 0. The molecular weight excluding hydrogens is 234 g/mol. The molecule has 0 aliphatic carbocycles. The zero-order chi connectivity index (χ0) is 13.8. The lowest BCUT2D eigenvalue weighted by atomic mass is 9.87. The van der Waals surface area contributed by atoms with E-state index in [1.807, 2.05) is 20.8 Å². The standard InChI is InChI=1S/C13H23NO4/c1-13(2,3)8-9(7-11(15)16)14-12(17)10-5-4-6-18-10/h9-10H,4-8H2,1-3H3,(H,14,17)(H,15,16)/t9?,10-/m0/s1. The van der Waals surface area contributed by atoms with Gasteiger partial charge in [-0.15, -0.1) is 0 Å². The molecule has 18 heavy (non-hydrogen) atoms. The smallest absolute Gasteiger partial charge is 0.305 e. The van der Waals surface area contributed by atoms with Crippen molar-refractivity contribution in [1.82, 2.24) is 5.32 Å². The highest BCUT2D eigenvalue weighted by Crippen LogP contribution is 2.22. The molecule has 1 aliphatic rings. The maximum absolute atomic E-state index is 11.9. The fourth-order valence-electron chi connectivity index (χ4n) is 2.20. The number of rotatable bonds is 5. The summed E-state index contributed by atoms with van der Waals surface area (Å²) in [6, 6.07) is -0.334. The lowest BCUT2D eigenvalue weighted by Gasteiger charge is -2.26. The minimum atomic E-state index is -0.892. The first-order valence-corrected chi connectivity index (χ1v) is 6.42. The minimum absolute atomic E-state index is 0.0239. The molecule has 0 aromatic rings. The van der Waals surface area contributed by atoms with E-state index >= 15 is 0 Å². The summed E-state index contributed by atoms with van der Waals surface area (Å²) in [5.74, 6) is -1.07. The number of carbonyl (C=O) groups is 2. The van der Waals surface area contributed by atoms with Gasteiger partial charge >= 0.3 is 5.97 Å². The van der Waals surface area contributed by atoms with E-state index in [0.717, 1.165) is 12.8 Å². The monoisotopic (exact) mass is 257 g/mol. The van der Waals surface area contributed by atoms with Crippen LogP contribution < -0.4 is 5.32 Å². The Labute approximate surface area is 108 Å². The second kappa shape index (κ2) is 6.18. The number of hydrogen-bond donors (Lipinski definition) is 2. The SMILES string of the molecule is CC(C)(C)CC(CC(=O)O)NC(=O)[C@@H]1CCCO1. The Morgan fingerprint density at radius 3 is 2.56 bits per heavy atom. The van der Waals surface area contributed by atoms with E-state index in [-0.39, 0.29) is 23.8 Å². The Kier molecular flexibility index (Phi) is 5.14. The summed E-state index contributed by atoms with van der Waals surface area (Å²) in [4.78, 5) is 22.7. The highest BCUT2D eigenvalue weighted by Gasteiger charge is 2.28. The molecule has 1 unspecified atom stereocenters. The van der Waals surface area contributed by atoms with E-state index in [1.54, 1.807) is 0 Å². The fourth-order valence-corrected chi connectivity index (χ4v) is 2.20. The maximum Gasteiger partial charge on any atom is 0.305 e. The third-order valence-electron chi connectivity index (χ3n) is 2.85. The number of amides is 1. The molecular formula is C13H23NO4. The Hall–Kier alpha value is -1.10. The number of nitrogens with one attached hydrogen (secondary N) is 1. The summed E-state index contributed by atoms with van der Waals surface area (Å²) in [5, 5.41) is 11.7. The van der Waals surface area contributed by atoms with Gasteiger partial charge in [-0.25, -0.2) is 0 Å². The second-order valence-corrected chi connectivity index (χ2v) is 6.07. The lowest BCUT2D eigenvalue weighted by molar-refractivity contribution is -0.138. The van der Waals surface area contributed by atoms with Crippen LogP contribution in [0, 0.1) is 5.41 Å². The highest BCUT2D eigenvalue weighted by atomic mass is 16.5. The van der Waals surface area contributed by atoms with Crippen LogP contribution in [0.25, 0.3) is 0 Å². The van der Waals surface area contributed by atoms with Crippen LogP contribution in [0.15, 0.2) is 0 Å². The van der Waals surface area contributed by atoms with Crippen LogP contribution in [0.3, 0.4) is 0 Å². The Balaban J connectivity index is 2.53. The van der Waals surface area contributed by atoms with Crippen molar-refractivity contribution in [2.75, 3.05) is 6.61 Å². The van der Waals surface area contributed by atoms with Crippen LogP contribution in [-0.4, -0.2) is 35.7 Å². The second-order valence-electron chi connectivity index (χ2n) is 6.07. The summed E-state index contributed by atoms with van der Waals surface area (Å²) in [5.41, 5.74) is -0.0239. The molecule has 104 valence electrons. The molecule has 1 heterocycles. The molecule has 0 bridgehead atoms. The summed E-state index contributed by atoms with van der Waals surface area (Å²) >= 11 is 0. The van der Waals surface area contributed by atoms with Crippen molar-refractivity contribution < 1.29 is 19.4 Å². The van der Waals surface area contributed by atoms with Gasteiger partial charge in [0.25, 0.3) is 0 Å². The molecule has 1 aliphatic heterocycles. The fraction of sp³-hybridized carbons (Fsp3) is 0.846. The van der Waals surface area contributed by atoms with E-state index in [4.69, 9.17) is 9.84 Å². The molecule has 0 aromatic carbocycles. The van der Waals surface area contributed by atoms with Crippen LogP contribution in [0.4, 0.5) is 0 Å².